The quantitative estimate of drug-likeness (QED) is 0.742. The van der Waals surface area contributed by atoms with Crippen molar-refractivity contribution in [2.75, 3.05) is 14.2 Å². The fourth-order valence-corrected chi connectivity index (χ4v) is 1.11. The highest BCUT2D eigenvalue weighted by molar-refractivity contribution is 5.48. The van der Waals surface area contributed by atoms with Gasteiger partial charge in [0.05, 0.1) is 20.3 Å². The minimum atomic E-state index is -0.127. The average Bonchev–Trinajstić information content (AvgIpc) is 2.25. The molecule has 0 spiro atoms. The van der Waals surface area contributed by atoms with Gasteiger partial charge in [0.2, 0.25) is 0 Å². The first kappa shape index (κ1) is 11.4. The van der Waals surface area contributed by atoms with Crippen LogP contribution in [0.5, 0.6) is 11.5 Å². The van der Waals surface area contributed by atoms with Crippen LogP contribution in [0.4, 0.5) is 0 Å². The van der Waals surface area contributed by atoms with Crippen LogP contribution in [0.3, 0.4) is 0 Å². The van der Waals surface area contributed by atoms with E-state index < -0.39 is 0 Å². The van der Waals surface area contributed by atoms with Crippen molar-refractivity contribution in [2.45, 2.75) is 13.0 Å². The Labute approximate surface area is 90.2 Å². The summed E-state index contributed by atoms with van der Waals surface area (Å²) in [6.07, 6.45) is 0. The molecule has 0 aliphatic heterocycles. The number of benzene rings is 1. The first-order chi connectivity index (χ1) is 7.17. The molecule has 3 heteroatoms. The first-order valence-corrected chi connectivity index (χ1v) is 4.66. The van der Waals surface area contributed by atoms with Gasteiger partial charge in [0, 0.05) is 5.56 Å². The van der Waals surface area contributed by atoms with Gasteiger partial charge in [-0.2, -0.15) is 0 Å². The van der Waals surface area contributed by atoms with Crippen molar-refractivity contribution in [1.82, 2.24) is 0 Å². The first-order valence-electron chi connectivity index (χ1n) is 4.66. The van der Waals surface area contributed by atoms with Gasteiger partial charge in [0.25, 0.3) is 0 Å². The van der Waals surface area contributed by atoms with Crippen LogP contribution in [0.25, 0.3) is 0 Å². The molecule has 0 saturated heterocycles. The molecule has 0 aliphatic carbocycles. The van der Waals surface area contributed by atoms with Gasteiger partial charge >= 0.3 is 0 Å². The maximum absolute atomic E-state index is 5.54. The number of nitrogens with two attached hydrogens (primary N) is 1. The highest BCUT2D eigenvalue weighted by atomic mass is 16.5. The number of hydrogen-bond donors (Lipinski definition) is 1. The third-order valence-corrected chi connectivity index (χ3v) is 1.83. The highest BCUT2D eigenvalue weighted by Crippen LogP contribution is 2.26. The maximum atomic E-state index is 5.54. The van der Waals surface area contributed by atoms with Crippen LogP contribution in [0.15, 0.2) is 18.2 Å². The van der Waals surface area contributed by atoms with Crippen LogP contribution >= 0.6 is 0 Å². The second-order valence-corrected chi connectivity index (χ2v) is 3.13. The van der Waals surface area contributed by atoms with E-state index >= 15 is 0 Å². The molecular formula is C12H15NO2. The monoisotopic (exact) mass is 205 g/mol. The molecule has 0 radical (unpaired) electrons. The van der Waals surface area contributed by atoms with Gasteiger partial charge in [-0.1, -0.05) is 11.8 Å². The lowest BCUT2D eigenvalue weighted by Gasteiger charge is -2.06. The predicted octanol–water partition coefficient (Wildman–Crippen LogP) is 1.40. The Morgan fingerprint density at radius 3 is 2.40 bits per heavy atom. The topological polar surface area (TPSA) is 44.5 Å². The van der Waals surface area contributed by atoms with Crippen molar-refractivity contribution in [3.63, 3.8) is 0 Å². The SMILES string of the molecule is COc1ccc(C#CC(C)N)cc1OC. The maximum Gasteiger partial charge on any atom is 0.161 e. The normalized spacial score (nSPS) is 11.2. The molecular weight excluding hydrogens is 190 g/mol. The third-order valence-electron chi connectivity index (χ3n) is 1.83. The van der Waals surface area contributed by atoms with E-state index in [1.54, 1.807) is 14.2 Å². The number of rotatable bonds is 2. The lowest BCUT2D eigenvalue weighted by Crippen LogP contribution is -2.10. The van der Waals surface area contributed by atoms with Crippen LogP contribution in [-0.4, -0.2) is 20.3 Å². The van der Waals surface area contributed by atoms with Gasteiger partial charge in [-0.05, 0) is 25.1 Å². The fraction of sp³-hybridized carbons (Fsp3) is 0.333. The molecule has 0 amide bonds. The van der Waals surface area contributed by atoms with E-state index in [2.05, 4.69) is 11.8 Å². The van der Waals surface area contributed by atoms with E-state index in [1.807, 2.05) is 25.1 Å². The summed E-state index contributed by atoms with van der Waals surface area (Å²) < 4.78 is 10.3. The van der Waals surface area contributed by atoms with Crippen LogP contribution in [0.1, 0.15) is 12.5 Å². The predicted molar refractivity (Wildman–Crippen MR) is 60.1 cm³/mol. The Kier molecular flexibility index (Phi) is 4.02. The van der Waals surface area contributed by atoms with Crippen molar-refractivity contribution in [3.8, 4) is 23.3 Å². The summed E-state index contributed by atoms with van der Waals surface area (Å²) in [5.74, 6) is 7.21. The molecule has 1 aromatic rings. The largest absolute Gasteiger partial charge is 0.493 e. The molecule has 0 aliphatic rings. The van der Waals surface area contributed by atoms with Gasteiger partial charge in [-0.15, -0.1) is 0 Å². The van der Waals surface area contributed by atoms with Gasteiger partial charge < -0.3 is 15.2 Å². The Balaban J connectivity index is 2.99. The van der Waals surface area contributed by atoms with E-state index in [4.69, 9.17) is 15.2 Å². The molecule has 0 bridgehead atoms. The van der Waals surface area contributed by atoms with E-state index in [-0.39, 0.29) is 6.04 Å². The van der Waals surface area contributed by atoms with Crippen molar-refractivity contribution in [1.29, 1.82) is 0 Å². The highest BCUT2D eigenvalue weighted by Gasteiger charge is 2.02. The van der Waals surface area contributed by atoms with E-state index in [9.17, 15) is 0 Å². The van der Waals surface area contributed by atoms with Gasteiger partial charge in [-0.25, -0.2) is 0 Å². The van der Waals surface area contributed by atoms with E-state index in [0.29, 0.717) is 11.5 Å². The van der Waals surface area contributed by atoms with Crippen molar-refractivity contribution in [3.05, 3.63) is 23.8 Å². The molecule has 1 rings (SSSR count). The second kappa shape index (κ2) is 5.28. The smallest absolute Gasteiger partial charge is 0.161 e. The summed E-state index contributed by atoms with van der Waals surface area (Å²) in [4.78, 5) is 0. The van der Waals surface area contributed by atoms with Crippen LogP contribution in [0.2, 0.25) is 0 Å². The molecule has 3 nitrogen and oxygen atoms in total. The van der Waals surface area contributed by atoms with E-state index in [0.717, 1.165) is 5.56 Å². The molecule has 1 aromatic carbocycles. The summed E-state index contributed by atoms with van der Waals surface area (Å²) in [5, 5.41) is 0. The summed E-state index contributed by atoms with van der Waals surface area (Å²) >= 11 is 0. The Hall–Kier alpha value is -1.66. The van der Waals surface area contributed by atoms with Crippen molar-refractivity contribution in [2.24, 2.45) is 5.73 Å². The molecule has 15 heavy (non-hydrogen) atoms. The Morgan fingerprint density at radius 1 is 1.20 bits per heavy atom. The molecule has 1 atom stereocenters. The van der Waals surface area contributed by atoms with Crippen molar-refractivity contribution >= 4 is 0 Å². The Morgan fingerprint density at radius 2 is 1.87 bits per heavy atom. The zero-order chi connectivity index (χ0) is 11.3. The number of methoxy groups -OCH3 is 2. The molecule has 0 fully saturated rings. The molecule has 2 N–H and O–H groups in total. The van der Waals surface area contributed by atoms with Crippen LogP contribution < -0.4 is 15.2 Å². The summed E-state index contributed by atoms with van der Waals surface area (Å²) in [6, 6.07) is 5.40. The fourth-order valence-electron chi connectivity index (χ4n) is 1.11. The van der Waals surface area contributed by atoms with Gasteiger partial charge in [0.1, 0.15) is 0 Å². The van der Waals surface area contributed by atoms with Crippen LogP contribution in [-0.2, 0) is 0 Å². The minimum absolute atomic E-state index is 0.127. The van der Waals surface area contributed by atoms with Gasteiger partial charge in [-0.3, -0.25) is 0 Å². The van der Waals surface area contributed by atoms with E-state index in [1.165, 1.54) is 0 Å². The second-order valence-electron chi connectivity index (χ2n) is 3.13. The zero-order valence-electron chi connectivity index (χ0n) is 9.20. The molecule has 0 aromatic heterocycles. The number of ether oxygens (including phenoxy) is 2. The Bertz CT molecular complexity index is 388. The lowest BCUT2D eigenvalue weighted by molar-refractivity contribution is 0.355. The van der Waals surface area contributed by atoms with Gasteiger partial charge in [0.15, 0.2) is 11.5 Å². The molecule has 0 saturated carbocycles. The summed E-state index contributed by atoms with van der Waals surface area (Å²) in [6.45, 7) is 1.84. The molecule has 80 valence electrons. The average molecular weight is 205 g/mol. The minimum Gasteiger partial charge on any atom is -0.493 e. The summed E-state index contributed by atoms with van der Waals surface area (Å²) in [5.41, 5.74) is 6.40. The number of hydrogen-bond acceptors (Lipinski definition) is 3. The standard InChI is InChI=1S/C12H15NO2/c1-9(13)4-5-10-6-7-11(14-2)12(8-10)15-3/h6-9H,13H2,1-3H3. The van der Waals surface area contributed by atoms with Crippen molar-refractivity contribution < 1.29 is 9.47 Å². The third kappa shape index (κ3) is 3.19. The molecule has 0 heterocycles. The lowest BCUT2D eigenvalue weighted by atomic mass is 10.2. The summed E-state index contributed by atoms with van der Waals surface area (Å²) in [7, 11) is 3.20. The van der Waals surface area contributed by atoms with Crippen LogP contribution in [0, 0.1) is 11.8 Å². The molecule has 1 unspecified atom stereocenters. The zero-order valence-corrected chi connectivity index (χ0v) is 9.20.